The Morgan fingerprint density at radius 2 is 1.81 bits per heavy atom. The molecule has 0 atom stereocenters. The SMILES string of the molecule is O=C(NCC#Cc1cccc(C(F)(F)F)c1)NCCCN1CCN(c2ncccn2)CC1. The van der Waals surface area contributed by atoms with Gasteiger partial charge in [0.25, 0.3) is 0 Å². The van der Waals surface area contributed by atoms with Crippen LogP contribution in [0.15, 0.2) is 42.7 Å². The summed E-state index contributed by atoms with van der Waals surface area (Å²) in [5.41, 5.74) is -0.495. The van der Waals surface area contributed by atoms with Crippen LogP contribution in [0.1, 0.15) is 17.5 Å². The lowest BCUT2D eigenvalue weighted by molar-refractivity contribution is -0.137. The minimum atomic E-state index is -4.40. The number of carbonyl (C=O) groups is 1. The third-order valence-corrected chi connectivity index (χ3v) is 4.90. The molecule has 0 radical (unpaired) electrons. The van der Waals surface area contributed by atoms with Crippen LogP contribution >= 0.6 is 0 Å². The maximum Gasteiger partial charge on any atom is 0.416 e. The topological polar surface area (TPSA) is 73.4 Å². The van der Waals surface area contributed by atoms with Crippen molar-refractivity contribution in [3.63, 3.8) is 0 Å². The van der Waals surface area contributed by atoms with E-state index in [4.69, 9.17) is 0 Å². The fourth-order valence-corrected chi connectivity index (χ4v) is 3.24. The second-order valence-electron chi connectivity index (χ2n) is 7.22. The van der Waals surface area contributed by atoms with Crippen LogP contribution in [0.2, 0.25) is 0 Å². The quantitative estimate of drug-likeness (QED) is 0.527. The molecule has 1 saturated heterocycles. The van der Waals surface area contributed by atoms with E-state index in [1.165, 1.54) is 12.1 Å². The van der Waals surface area contributed by atoms with Gasteiger partial charge in [0.05, 0.1) is 12.1 Å². The van der Waals surface area contributed by atoms with Crippen LogP contribution in [0.3, 0.4) is 0 Å². The molecule has 0 spiro atoms. The summed E-state index contributed by atoms with van der Waals surface area (Å²) in [5.74, 6) is 6.04. The smallest absolute Gasteiger partial charge is 0.338 e. The van der Waals surface area contributed by atoms with Crippen LogP contribution in [-0.2, 0) is 6.18 Å². The van der Waals surface area contributed by atoms with Gasteiger partial charge in [-0.15, -0.1) is 0 Å². The summed E-state index contributed by atoms with van der Waals surface area (Å²) in [4.78, 5) is 24.8. The van der Waals surface area contributed by atoms with Gasteiger partial charge >= 0.3 is 12.2 Å². The zero-order chi connectivity index (χ0) is 22.8. The van der Waals surface area contributed by atoms with E-state index in [1.807, 2.05) is 0 Å². The van der Waals surface area contributed by atoms with E-state index >= 15 is 0 Å². The van der Waals surface area contributed by atoms with E-state index in [-0.39, 0.29) is 18.1 Å². The van der Waals surface area contributed by atoms with Crippen molar-refractivity contribution in [3.05, 3.63) is 53.9 Å². The van der Waals surface area contributed by atoms with E-state index in [0.717, 1.165) is 57.2 Å². The highest BCUT2D eigenvalue weighted by Crippen LogP contribution is 2.29. The van der Waals surface area contributed by atoms with Gasteiger partial charge in [0.2, 0.25) is 5.95 Å². The van der Waals surface area contributed by atoms with Crippen LogP contribution in [0.4, 0.5) is 23.9 Å². The average Bonchev–Trinajstić information content (AvgIpc) is 2.80. The summed E-state index contributed by atoms with van der Waals surface area (Å²) in [5, 5.41) is 5.34. The third-order valence-electron chi connectivity index (χ3n) is 4.90. The first-order valence-corrected chi connectivity index (χ1v) is 10.3. The molecule has 0 aliphatic carbocycles. The van der Waals surface area contributed by atoms with Gasteiger partial charge < -0.3 is 15.5 Å². The van der Waals surface area contributed by atoms with Crippen LogP contribution in [0, 0.1) is 11.8 Å². The fraction of sp³-hybridized carbons (Fsp3) is 0.409. The number of nitrogens with zero attached hydrogens (tertiary/aromatic N) is 4. The summed E-state index contributed by atoms with van der Waals surface area (Å²) in [7, 11) is 0. The number of aromatic nitrogens is 2. The minimum Gasteiger partial charge on any atom is -0.338 e. The Kier molecular flexibility index (Phi) is 8.27. The lowest BCUT2D eigenvalue weighted by atomic mass is 10.1. The molecule has 2 aromatic rings. The van der Waals surface area contributed by atoms with Crippen molar-refractivity contribution in [2.45, 2.75) is 12.6 Å². The molecule has 2 heterocycles. The fourth-order valence-electron chi connectivity index (χ4n) is 3.24. The van der Waals surface area contributed by atoms with E-state index in [9.17, 15) is 18.0 Å². The van der Waals surface area contributed by atoms with Crippen LogP contribution in [0.25, 0.3) is 0 Å². The molecule has 1 fully saturated rings. The Labute approximate surface area is 185 Å². The normalized spacial score (nSPS) is 14.4. The number of hydrogen-bond donors (Lipinski definition) is 2. The molecule has 2 amide bonds. The zero-order valence-electron chi connectivity index (χ0n) is 17.5. The zero-order valence-corrected chi connectivity index (χ0v) is 17.5. The minimum absolute atomic E-state index is 0.0472. The maximum atomic E-state index is 12.7. The largest absolute Gasteiger partial charge is 0.416 e. The molecule has 0 bridgehead atoms. The highest BCUT2D eigenvalue weighted by Gasteiger charge is 2.30. The van der Waals surface area contributed by atoms with Gasteiger partial charge in [-0.3, -0.25) is 4.90 Å². The molecule has 1 aromatic carbocycles. The summed E-state index contributed by atoms with van der Waals surface area (Å²) in [6.45, 7) is 5.00. The standard InChI is InChI=1S/C22H25F3N6O/c23-22(24,25)19-7-1-5-18(17-19)6-2-8-28-21(32)29-11-4-12-30-13-15-31(16-14-30)20-26-9-3-10-27-20/h1,3,5,7,9-10,17H,4,8,11-16H2,(H2,28,29,32). The molecule has 3 rings (SSSR count). The van der Waals surface area contributed by atoms with E-state index in [0.29, 0.717) is 6.54 Å². The van der Waals surface area contributed by atoms with Gasteiger partial charge in [0, 0.05) is 50.7 Å². The first kappa shape index (κ1) is 23.3. The van der Waals surface area contributed by atoms with Crippen molar-refractivity contribution in [2.75, 3.05) is 50.7 Å². The number of piperazine rings is 1. The highest BCUT2D eigenvalue weighted by atomic mass is 19.4. The number of benzene rings is 1. The number of halogens is 3. The Balaban J connectivity index is 1.28. The Morgan fingerprint density at radius 1 is 1.06 bits per heavy atom. The lowest BCUT2D eigenvalue weighted by Gasteiger charge is -2.34. The Hall–Kier alpha value is -3.32. The van der Waals surface area contributed by atoms with Gasteiger partial charge in [-0.1, -0.05) is 17.9 Å². The molecule has 7 nitrogen and oxygen atoms in total. The third kappa shape index (κ3) is 7.42. The Bertz CT molecular complexity index is 934. The predicted octanol–water partition coefficient (Wildman–Crippen LogP) is 2.36. The number of alkyl halides is 3. The van der Waals surface area contributed by atoms with Gasteiger partial charge in [-0.2, -0.15) is 13.2 Å². The highest BCUT2D eigenvalue weighted by molar-refractivity contribution is 5.74. The van der Waals surface area contributed by atoms with Crippen LogP contribution < -0.4 is 15.5 Å². The second kappa shape index (κ2) is 11.3. The molecule has 10 heteroatoms. The van der Waals surface area contributed by atoms with Gasteiger partial charge in [-0.05, 0) is 37.2 Å². The molecule has 1 aliphatic heterocycles. The molecule has 1 aromatic heterocycles. The number of hydrogen-bond acceptors (Lipinski definition) is 5. The number of nitrogens with one attached hydrogen (secondary N) is 2. The van der Waals surface area contributed by atoms with Gasteiger partial charge in [0.15, 0.2) is 0 Å². The molecular formula is C22H25F3N6O. The lowest BCUT2D eigenvalue weighted by Crippen LogP contribution is -2.47. The molecule has 0 unspecified atom stereocenters. The number of anilines is 1. The molecule has 2 N–H and O–H groups in total. The number of rotatable bonds is 6. The van der Waals surface area contributed by atoms with Crippen molar-refractivity contribution in [1.82, 2.24) is 25.5 Å². The molecule has 32 heavy (non-hydrogen) atoms. The van der Waals surface area contributed by atoms with Crippen LogP contribution in [0.5, 0.6) is 0 Å². The van der Waals surface area contributed by atoms with E-state index in [1.54, 1.807) is 18.5 Å². The molecule has 0 saturated carbocycles. The summed E-state index contributed by atoms with van der Waals surface area (Å²) < 4.78 is 38.1. The van der Waals surface area contributed by atoms with Gasteiger partial charge in [-0.25, -0.2) is 14.8 Å². The summed E-state index contributed by atoms with van der Waals surface area (Å²) in [6.07, 6.45) is -0.115. The molecule has 170 valence electrons. The van der Waals surface area contributed by atoms with Crippen molar-refractivity contribution in [1.29, 1.82) is 0 Å². The number of urea groups is 1. The predicted molar refractivity (Wildman–Crippen MR) is 115 cm³/mol. The second-order valence-corrected chi connectivity index (χ2v) is 7.22. The monoisotopic (exact) mass is 446 g/mol. The molecular weight excluding hydrogens is 421 g/mol. The van der Waals surface area contributed by atoms with Crippen LogP contribution in [-0.4, -0.2) is 66.7 Å². The summed E-state index contributed by atoms with van der Waals surface area (Å²) in [6, 6.07) is 6.23. The number of amides is 2. The van der Waals surface area contributed by atoms with Crippen molar-refractivity contribution in [3.8, 4) is 11.8 Å². The van der Waals surface area contributed by atoms with Crippen molar-refractivity contribution >= 4 is 12.0 Å². The average molecular weight is 446 g/mol. The first-order valence-electron chi connectivity index (χ1n) is 10.3. The number of carbonyl (C=O) groups excluding carboxylic acids is 1. The van der Waals surface area contributed by atoms with Crippen molar-refractivity contribution in [2.24, 2.45) is 0 Å². The summed E-state index contributed by atoms with van der Waals surface area (Å²) >= 11 is 0. The first-order chi connectivity index (χ1) is 15.4. The molecule has 1 aliphatic rings. The Morgan fingerprint density at radius 3 is 2.53 bits per heavy atom. The van der Waals surface area contributed by atoms with E-state index < -0.39 is 11.7 Å². The van der Waals surface area contributed by atoms with Gasteiger partial charge in [0.1, 0.15) is 0 Å². The maximum absolute atomic E-state index is 12.7. The van der Waals surface area contributed by atoms with E-state index in [2.05, 4.69) is 42.2 Å². The van der Waals surface area contributed by atoms with Crippen molar-refractivity contribution < 1.29 is 18.0 Å².